The van der Waals surface area contributed by atoms with Gasteiger partial charge in [-0.05, 0) is 47.2 Å². The Labute approximate surface area is 163 Å². The molecule has 1 N–H and O–H groups in total. The van der Waals surface area contributed by atoms with Crippen molar-refractivity contribution in [3.63, 3.8) is 0 Å². The van der Waals surface area contributed by atoms with Crippen molar-refractivity contribution in [3.05, 3.63) is 90.5 Å². The second kappa shape index (κ2) is 8.13. The van der Waals surface area contributed by atoms with Gasteiger partial charge in [-0.2, -0.15) is 0 Å². The van der Waals surface area contributed by atoms with Crippen LogP contribution >= 0.6 is 11.3 Å². The molecule has 130 valence electrons. The lowest BCUT2D eigenvalue weighted by Gasteiger charge is -1.97. The third kappa shape index (κ3) is 3.93. The van der Waals surface area contributed by atoms with Crippen molar-refractivity contribution in [2.24, 2.45) is 0 Å². The molecule has 1 heterocycles. The van der Waals surface area contributed by atoms with Crippen LogP contribution in [0, 0.1) is 6.92 Å². The first kappa shape index (κ1) is 18.1. The molecule has 0 atom stereocenters. The molecule has 5 heteroatoms. The molecule has 0 aliphatic rings. The third-order valence-electron chi connectivity index (χ3n) is 3.90. The van der Waals surface area contributed by atoms with E-state index >= 15 is 0 Å². The first-order valence-electron chi connectivity index (χ1n) is 8.17. The predicted molar refractivity (Wildman–Crippen MR) is 104 cm³/mol. The second-order valence-corrected chi connectivity index (χ2v) is 6.79. The summed E-state index contributed by atoms with van der Waals surface area (Å²) in [5.41, 5.74) is 4.50. The van der Waals surface area contributed by atoms with Gasteiger partial charge in [0.2, 0.25) is 5.69 Å². The standard InChI is InChI=1S/C21H18N3S.ClH/c1-16-12-14-17(15-13-16)20-24(19-10-6-3-7-11-19)23-21(25-20)22-18-8-4-2-5-9-18;/h2-15H,1H3,(H,22,23);1H/q+1;/p-1. The Morgan fingerprint density at radius 3 is 2.08 bits per heavy atom. The average molecular weight is 380 g/mol. The molecule has 3 nitrogen and oxygen atoms in total. The Bertz CT molecular complexity index is 967. The summed E-state index contributed by atoms with van der Waals surface area (Å²) in [7, 11) is 0. The van der Waals surface area contributed by atoms with Crippen molar-refractivity contribution in [1.82, 2.24) is 5.10 Å². The van der Waals surface area contributed by atoms with Crippen molar-refractivity contribution < 1.29 is 17.1 Å². The normalized spacial score (nSPS) is 10.2. The molecule has 4 aromatic rings. The molecule has 0 bridgehead atoms. The lowest BCUT2D eigenvalue weighted by molar-refractivity contribution is -0.642. The van der Waals surface area contributed by atoms with Crippen LogP contribution in [0.25, 0.3) is 16.3 Å². The lowest BCUT2D eigenvalue weighted by atomic mass is 10.1. The number of aryl methyl sites for hydroxylation is 1. The summed E-state index contributed by atoms with van der Waals surface area (Å²) in [6, 6.07) is 28.9. The summed E-state index contributed by atoms with van der Waals surface area (Å²) >= 11 is 1.65. The molecule has 0 spiro atoms. The van der Waals surface area contributed by atoms with Gasteiger partial charge in [0, 0.05) is 22.9 Å². The van der Waals surface area contributed by atoms with E-state index in [0.717, 1.165) is 27.1 Å². The van der Waals surface area contributed by atoms with E-state index < -0.39 is 0 Å². The molecule has 0 saturated carbocycles. The molecule has 4 rings (SSSR count). The van der Waals surface area contributed by atoms with E-state index in [1.807, 2.05) is 53.2 Å². The first-order valence-corrected chi connectivity index (χ1v) is 8.99. The topological polar surface area (TPSA) is 28.8 Å². The maximum Gasteiger partial charge on any atom is 0.304 e. The number of anilines is 2. The van der Waals surface area contributed by atoms with Crippen molar-refractivity contribution in [3.8, 4) is 16.3 Å². The highest BCUT2D eigenvalue weighted by Gasteiger charge is 2.24. The van der Waals surface area contributed by atoms with Gasteiger partial charge in [-0.3, -0.25) is 0 Å². The van der Waals surface area contributed by atoms with Crippen molar-refractivity contribution >= 4 is 22.2 Å². The van der Waals surface area contributed by atoms with E-state index in [4.69, 9.17) is 5.10 Å². The van der Waals surface area contributed by atoms with E-state index in [1.165, 1.54) is 5.56 Å². The van der Waals surface area contributed by atoms with Gasteiger partial charge in [-0.1, -0.05) is 54.1 Å². The molecule has 1 aromatic heterocycles. The number of hydrogen-bond donors (Lipinski definition) is 1. The van der Waals surface area contributed by atoms with Gasteiger partial charge in [0.05, 0.1) is 5.56 Å². The van der Waals surface area contributed by atoms with Crippen LogP contribution in [0.15, 0.2) is 84.9 Å². The number of halogens is 1. The quantitative estimate of drug-likeness (QED) is 0.550. The molecule has 0 fully saturated rings. The fourth-order valence-corrected chi connectivity index (χ4v) is 3.57. The van der Waals surface area contributed by atoms with Crippen LogP contribution in [0.1, 0.15) is 5.56 Å². The fourth-order valence-electron chi connectivity index (χ4n) is 2.61. The Morgan fingerprint density at radius 1 is 0.808 bits per heavy atom. The van der Waals surface area contributed by atoms with Crippen molar-refractivity contribution in [2.75, 3.05) is 5.32 Å². The van der Waals surface area contributed by atoms with Gasteiger partial charge >= 0.3 is 5.01 Å². The number of hydrogen-bond acceptors (Lipinski definition) is 3. The Balaban J connectivity index is 0.00000196. The molecule has 0 radical (unpaired) electrons. The maximum atomic E-state index is 4.80. The van der Waals surface area contributed by atoms with Crippen LogP contribution in [0.2, 0.25) is 0 Å². The molecule has 0 aliphatic carbocycles. The minimum atomic E-state index is 0. The van der Waals surface area contributed by atoms with Gasteiger partial charge in [-0.25, -0.2) is 0 Å². The van der Waals surface area contributed by atoms with Gasteiger partial charge in [0.25, 0.3) is 5.13 Å². The zero-order chi connectivity index (χ0) is 17.1. The number of nitrogens with zero attached hydrogens (tertiary/aromatic N) is 2. The van der Waals surface area contributed by atoms with Crippen LogP contribution in [0.4, 0.5) is 10.8 Å². The average Bonchev–Trinajstić information content (AvgIpc) is 3.08. The van der Waals surface area contributed by atoms with Gasteiger partial charge < -0.3 is 17.7 Å². The third-order valence-corrected chi connectivity index (χ3v) is 4.88. The summed E-state index contributed by atoms with van der Waals surface area (Å²) in [6.07, 6.45) is 0. The SMILES string of the molecule is Cc1ccc(-c2sc(Nc3ccccc3)n[n+]2-c2ccccc2)cc1.[Cl-]. The number of benzene rings is 3. The van der Waals surface area contributed by atoms with Crippen LogP contribution in [0.5, 0.6) is 0 Å². The molecular formula is C21H18ClN3S. The summed E-state index contributed by atoms with van der Waals surface area (Å²) < 4.78 is 2.00. The van der Waals surface area contributed by atoms with Gasteiger partial charge in [0.1, 0.15) is 0 Å². The molecule has 0 saturated heterocycles. The van der Waals surface area contributed by atoms with Crippen LogP contribution in [-0.4, -0.2) is 5.10 Å². The minimum Gasteiger partial charge on any atom is -1.00 e. The number of nitrogens with one attached hydrogen (secondary N) is 1. The highest BCUT2D eigenvalue weighted by atomic mass is 35.5. The summed E-state index contributed by atoms with van der Waals surface area (Å²) in [5, 5.41) is 10.2. The highest BCUT2D eigenvalue weighted by Crippen LogP contribution is 2.28. The van der Waals surface area contributed by atoms with Gasteiger partial charge in [0.15, 0.2) is 0 Å². The zero-order valence-corrected chi connectivity index (χ0v) is 15.8. The van der Waals surface area contributed by atoms with Crippen molar-refractivity contribution in [1.29, 1.82) is 0 Å². The summed E-state index contributed by atoms with van der Waals surface area (Å²) in [5.74, 6) is 0. The number of rotatable bonds is 4. The van der Waals surface area contributed by atoms with Gasteiger partial charge in [-0.15, -0.1) is 0 Å². The Morgan fingerprint density at radius 2 is 1.42 bits per heavy atom. The van der Waals surface area contributed by atoms with E-state index in [2.05, 4.69) is 48.6 Å². The monoisotopic (exact) mass is 379 g/mol. The second-order valence-electron chi connectivity index (χ2n) is 5.82. The molecule has 0 aliphatic heterocycles. The maximum absolute atomic E-state index is 4.80. The molecular weight excluding hydrogens is 362 g/mol. The fraction of sp³-hybridized carbons (Fsp3) is 0.0476. The van der Waals surface area contributed by atoms with Crippen LogP contribution in [0.3, 0.4) is 0 Å². The smallest absolute Gasteiger partial charge is 0.304 e. The molecule has 26 heavy (non-hydrogen) atoms. The number of para-hydroxylation sites is 2. The van der Waals surface area contributed by atoms with E-state index in [0.29, 0.717) is 0 Å². The molecule has 3 aromatic carbocycles. The highest BCUT2D eigenvalue weighted by molar-refractivity contribution is 7.18. The Hall–Kier alpha value is -2.69. The zero-order valence-electron chi connectivity index (χ0n) is 14.3. The first-order chi connectivity index (χ1) is 12.3. The number of aromatic nitrogens is 2. The molecule has 0 amide bonds. The lowest BCUT2D eigenvalue weighted by Crippen LogP contribution is -3.00. The Kier molecular flexibility index (Phi) is 5.66. The van der Waals surface area contributed by atoms with Crippen LogP contribution < -0.4 is 22.4 Å². The largest absolute Gasteiger partial charge is 1.00 e. The van der Waals surface area contributed by atoms with E-state index in [-0.39, 0.29) is 12.4 Å². The molecule has 0 unspecified atom stereocenters. The van der Waals surface area contributed by atoms with Crippen molar-refractivity contribution in [2.45, 2.75) is 6.92 Å². The minimum absolute atomic E-state index is 0. The summed E-state index contributed by atoms with van der Waals surface area (Å²) in [4.78, 5) is 0. The van der Waals surface area contributed by atoms with Crippen LogP contribution in [-0.2, 0) is 0 Å². The van der Waals surface area contributed by atoms with E-state index in [9.17, 15) is 0 Å². The predicted octanol–water partition coefficient (Wildman–Crippen LogP) is 2.14. The summed E-state index contributed by atoms with van der Waals surface area (Å²) in [6.45, 7) is 2.10. The van der Waals surface area contributed by atoms with E-state index in [1.54, 1.807) is 11.3 Å².